The molecule has 0 spiro atoms. The quantitative estimate of drug-likeness (QED) is 0.732. The van der Waals surface area contributed by atoms with Crippen molar-refractivity contribution in [2.45, 2.75) is 6.42 Å². The molecule has 1 fully saturated rings. The van der Waals surface area contributed by atoms with Crippen LogP contribution in [0.3, 0.4) is 0 Å². The van der Waals surface area contributed by atoms with E-state index >= 15 is 0 Å². The van der Waals surface area contributed by atoms with E-state index in [4.69, 9.17) is 5.11 Å². The minimum absolute atomic E-state index is 0.0336. The topological polar surface area (TPSA) is 83.4 Å². The summed E-state index contributed by atoms with van der Waals surface area (Å²) in [5.74, 6) is -1.40. The van der Waals surface area contributed by atoms with Gasteiger partial charge >= 0.3 is 5.97 Å². The Morgan fingerprint density at radius 2 is 2.33 bits per heavy atom. The fraction of sp³-hybridized carbons (Fsp3) is 0.333. The lowest BCUT2D eigenvalue weighted by Gasteiger charge is -2.13. The van der Waals surface area contributed by atoms with Gasteiger partial charge in [-0.15, -0.1) is 0 Å². The van der Waals surface area contributed by atoms with Crippen LogP contribution in [0.2, 0.25) is 0 Å². The number of carbonyl (C=O) groups excluding carboxylic acids is 1. The number of aliphatic carboxylic acids is 1. The predicted octanol–water partition coefficient (Wildman–Crippen LogP) is -0.0859. The minimum Gasteiger partial charge on any atom is -0.481 e. The zero-order valence-corrected chi connectivity index (χ0v) is 7.83. The average molecular weight is 207 g/mol. The normalized spacial score (nSPS) is 20.7. The van der Waals surface area contributed by atoms with Gasteiger partial charge in [0.05, 0.1) is 12.1 Å². The second-order valence-corrected chi connectivity index (χ2v) is 3.31. The van der Waals surface area contributed by atoms with Crippen molar-refractivity contribution < 1.29 is 14.7 Å². The van der Waals surface area contributed by atoms with E-state index in [0.717, 1.165) is 0 Å². The summed E-state index contributed by atoms with van der Waals surface area (Å²) in [6.45, 7) is 0.173. The molecule has 1 amide bonds. The third-order valence-electron chi connectivity index (χ3n) is 2.30. The number of hydrogen-bond donors (Lipinski definition) is 1. The summed E-state index contributed by atoms with van der Waals surface area (Å²) in [6.07, 6.45) is 4.45. The van der Waals surface area contributed by atoms with Gasteiger partial charge in [0.2, 0.25) is 5.91 Å². The average Bonchev–Trinajstić information content (AvgIpc) is 2.62. The maximum atomic E-state index is 11.5. The van der Waals surface area contributed by atoms with Crippen molar-refractivity contribution in [1.82, 2.24) is 9.97 Å². The van der Waals surface area contributed by atoms with Crippen molar-refractivity contribution in [1.29, 1.82) is 0 Å². The van der Waals surface area contributed by atoms with Gasteiger partial charge < -0.3 is 5.11 Å². The largest absolute Gasteiger partial charge is 0.481 e. The van der Waals surface area contributed by atoms with Crippen LogP contribution in [0.15, 0.2) is 18.6 Å². The molecule has 1 N–H and O–H groups in total. The maximum Gasteiger partial charge on any atom is 0.308 e. The van der Waals surface area contributed by atoms with Crippen molar-refractivity contribution in [3.05, 3.63) is 18.6 Å². The first kappa shape index (κ1) is 9.57. The molecule has 1 aromatic rings. The van der Waals surface area contributed by atoms with Gasteiger partial charge in [-0.25, -0.2) is 4.98 Å². The molecule has 0 aromatic carbocycles. The predicted molar refractivity (Wildman–Crippen MR) is 50.1 cm³/mol. The van der Waals surface area contributed by atoms with E-state index in [-0.39, 0.29) is 18.9 Å². The molecule has 0 radical (unpaired) electrons. The van der Waals surface area contributed by atoms with Crippen molar-refractivity contribution in [3.8, 4) is 0 Å². The molecule has 1 aliphatic rings. The van der Waals surface area contributed by atoms with Crippen LogP contribution < -0.4 is 4.90 Å². The third-order valence-corrected chi connectivity index (χ3v) is 2.30. The van der Waals surface area contributed by atoms with E-state index < -0.39 is 11.9 Å². The summed E-state index contributed by atoms with van der Waals surface area (Å²) in [5.41, 5.74) is 0. The van der Waals surface area contributed by atoms with Gasteiger partial charge in [-0.05, 0) is 0 Å². The Morgan fingerprint density at radius 1 is 1.53 bits per heavy atom. The van der Waals surface area contributed by atoms with Gasteiger partial charge in [-0.3, -0.25) is 19.5 Å². The second-order valence-electron chi connectivity index (χ2n) is 3.31. The second kappa shape index (κ2) is 3.64. The molecule has 78 valence electrons. The monoisotopic (exact) mass is 207 g/mol. The van der Waals surface area contributed by atoms with Crippen molar-refractivity contribution in [2.75, 3.05) is 11.4 Å². The number of amides is 1. The molecule has 2 heterocycles. The Kier molecular flexibility index (Phi) is 2.32. The Hall–Kier alpha value is -1.98. The van der Waals surface area contributed by atoms with Crippen LogP contribution in [-0.4, -0.2) is 33.5 Å². The molecule has 0 saturated carbocycles. The number of rotatable bonds is 2. The van der Waals surface area contributed by atoms with Crippen LogP contribution in [0, 0.1) is 5.92 Å². The number of carboxylic acid groups (broad SMARTS) is 1. The van der Waals surface area contributed by atoms with Gasteiger partial charge in [0.15, 0.2) is 5.82 Å². The van der Waals surface area contributed by atoms with Crippen LogP contribution in [0.5, 0.6) is 0 Å². The Morgan fingerprint density at radius 3 is 2.87 bits per heavy atom. The molecule has 1 atom stereocenters. The molecule has 1 aromatic heterocycles. The Balaban J connectivity index is 2.19. The van der Waals surface area contributed by atoms with Crippen LogP contribution >= 0.6 is 0 Å². The van der Waals surface area contributed by atoms with Gasteiger partial charge in [-0.2, -0.15) is 0 Å². The highest BCUT2D eigenvalue weighted by atomic mass is 16.4. The molecule has 6 heteroatoms. The molecule has 0 aliphatic carbocycles. The summed E-state index contributed by atoms with van der Waals surface area (Å²) in [7, 11) is 0. The van der Waals surface area contributed by atoms with E-state index in [1.54, 1.807) is 0 Å². The zero-order chi connectivity index (χ0) is 10.8. The highest BCUT2D eigenvalue weighted by molar-refractivity contribution is 5.98. The summed E-state index contributed by atoms with van der Waals surface area (Å²) in [4.78, 5) is 31.3. The first-order chi connectivity index (χ1) is 7.18. The summed E-state index contributed by atoms with van der Waals surface area (Å²) >= 11 is 0. The lowest BCUT2D eigenvalue weighted by atomic mass is 10.1. The molecular weight excluding hydrogens is 198 g/mol. The van der Waals surface area contributed by atoms with Crippen LogP contribution in [0.25, 0.3) is 0 Å². The number of carboxylic acids is 1. The number of aromatic nitrogens is 2. The van der Waals surface area contributed by atoms with Crippen molar-refractivity contribution >= 4 is 17.7 Å². The van der Waals surface area contributed by atoms with E-state index in [1.807, 2.05) is 0 Å². The van der Waals surface area contributed by atoms with Gasteiger partial charge in [0, 0.05) is 25.4 Å². The lowest BCUT2D eigenvalue weighted by Crippen LogP contribution is -2.26. The number of nitrogens with zero attached hydrogens (tertiary/aromatic N) is 3. The number of anilines is 1. The molecule has 2 rings (SSSR count). The zero-order valence-electron chi connectivity index (χ0n) is 7.83. The molecule has 6 nitrogen and oxygen atoms in total. The summed E-state index contributed by atoms with van der Waals surface area (Å²) in [6, 6.07) is 0. The van der Waals surface area contributed by atoms with Crippen molar-refractivity contribution in [3.63, 3.8) is 0 Å². The molecule has 1 aliphatic heterocycles. The standard InChI is InChI=1S/C9H9N3O3/c13-8-3-6(9(14)15)5-12(8)7-4-10-1-2-11-7/h1-2,4,6H,3,5H2,(H,14,15)/t6-/m1/s1. The van der Waals surface area contributed by atoms with Gasteiger partial charge in [0.1, 0.15) is 0 Å². The molecule has 1 saturated heterocycles. The van der Waals surface area contributed by atoms with Crippen LogP contribution in [0.4, 0.5) is 5.82 Å². The van der Waals surface area contributed by atoms with E-state index in [2.05, 4.69) is 9.97 Å². The number of hydrogen-bond acceptors (Lipinski definition) is 4. The molecule has 0 bridgehead atoms. The third kappa shape index (κ3) is 1.78. The van der Waals surface area contributed by atoms with E-state index in [9.17, 15) is 9.59 Å². The van der Waals surface area contributed by atoms with Crippen LogP contribution in [-0.2, 0) is 9.59 Å². The Bertz CT molecular complexity index is 393. The molecule has 15 heavy (non-hydrogen) atoms. The number of carbonyl (C=O) groups is 2. The minimum atomic E-state index is -0.949. The van der Waals surface area contributed by atoms with Gasteiger partial charge in [0.25, 0.3) is 0 Å². The SMILES string of the molecule is O=C(O)[C@@H]1CC(=O)N(c2cnccn2)C1. The first-order valence-electron chi connectivity index (χ1n) is 4.47. The summed E-state index contributed by atoms with van der Waals surface area (Å²) in [5, 5.41) is 8.78. The highest BCUT2D eigenvalue weighted by Gasteiger charge is 2.35. The van der Waals surface area contributed by atoms with Crippen molar-refractivity contribution in [2.24, 2.45) is 5.92 Å². The smallest absolute Gasteiger partial charge is 0.308 e. The highest BCUT2D eigenvalue weighted by Crippen LogP contribution is 2.22. The fourth-order valence-electron chi connectivity index (χ4n) is 1.53. The van der Waals surface area contributed by atoms with E-state index in [1.165, 1.54) is 23.5 Å². The summed E-state index contributed by atoms with van der Waals surface area (Å²) < 4.78 is 0. The van der Waals surface area contributed by atoms with Crippen LogP contribution in [0.1, 0.15) is 6.42 Å². The lowest BCUT2D eigenvalue weighted by molar-refractivity contribution is -0.141. The molecule has 0 unspecified atom stereocenters. The van der Waals surface area contributed by atoms with Gasteiger partial charge in [-0.1, -0.05) is 0 Å². The molecular formula is C9H9N3O3. The fourth-order valence-corrected chi connectivity index (χ4v) is 1.53. The van der Waals surface area contributed by atoms with E-state index in [0.29, 0.717) is 5.82 Å². The first-order valence-corrected chi connectivity index (χ1v) is 4.47. The Labute approximate surface area is 85.6 Å². The maximum absolute atomic E-state index is 11.5.